The number of carbonyl (C=O) groups is 1. The predicted molar refractivity (Wildman–Crippen MR) is 109 cm³/mol. The van der Waals surface area contributed by atoms with Gasteiger partial charge in [0, 0.05) is 5.56 Å². The zero-order chi connectivity index (χ0) is 20.7. The second kappa shape index (κ2) is 7.27. The molecule has 0 spiro atoms. The Morgan fingerprint density at radius 2 is 1.82 bits per heavy atom. The highest BCUT2D eigenvalue weighted by Crippen LogP contribution is 2.37. The van der Waals surface area contributed by atoms with Gasteiger partial charge in [0.05, 0.1) is 23.9 Å². The number of nitrogens with one attached hydrogen (secondary N) is 1. The minimum Gasteiger partial charge on any atom is -0.493 e. The summed E-state index contributed by atoms with van der Waals surface area (Å²) in [6.45, 7) is 14.3. The molecule has 0 aromatic heterocycles. The number of hydrogen-bond acceptors (Lipinski definition) is 5. The van der Waals surface area contributed by atoms with E-state index < -0.39 is 30.0 Å². The van der Waals surface area contributed by atoms with Gasteiger partial charge in [0.25, 0.3) is 0 Å². The van der Waals surface area contributed by atoms with E-state index in [0.717, 1.165) is 29.6 Å². The maximum absolute atomic E-state index is 12.3. The maximum atomic E-state index is 12.3. The van der Waals surface area contributed by atoms with Crippen LogP contribution in [0.2, 0.25) is 0 Å². The first-order valence-electron chi connectivity index (χ1n) is 10.00. The Labute approximate surface area is 168 Å². The molecule has 1 atom stereocenters. The lowest BCUT2D eigenvalue weighted by molar-refractivity contribution is 0.00578. The van der Waals surface area contributed by atoms with Crippen molar-refractivity contribution in [2.75, 3.05) is 6.61 Å². The number of fused-ring (bicyclic) bond motifs is 1. The number of hydrogen-bond donors (Lipinski definition) is 1. The van der Waals surface area contributed by atoms with Crippen molar-refractivity contribution < 1.29 is 23.6 Å². The van der Waals surface area contributed by atoms with Gasteiger partial charge in [0.2, 0.25) is 0 Å². The van der Waals surface area contributed by atoms with E-state index in [-0.39, 0.29) is 6.04 Å². The third-order valence-electron chi connectivity index (χ3n) is 5.52. The standard InChI is InChI=1S/C21H32BNO5/c1-19(2,3)26-18(24)23-16-9-8-12-25-17-13-14(10-11-15(16)17)22-27-20(4,5)21(6,7)28-22/h10-11,13,16H,8-9,12H2,1-7H3,(H,23,24)/t16-/m0/s1. The molecule has 2 aliphatic rings. The summed E-state index contributed by atoms with van der Waals surface area (Å²) in [6, 6.07) is 5.79. The molecule has 3 rings (SSSR count). The Morgan fingerprint density at radius 1 is 1.18 bits per heavy atom. The zero-order valence-electron chi connectivity index (χ0n) is 18.0. The molecule has 7 heteroatoms. The van der Waals surface area contributed by atoms with Crippen LogP contribution >= 0.6 is 0 Å². The first-order chi connectivity index (χ1) is 12.9. The summed E-state index contributed by atoms with van der Waals surface area (Å²) in [6.07, 6.45) is 1.23. The van der Waals surface area contributed by atoms with E-state index >= 15 is 0 Å². The van der Waals surface area contributed by atoms with Crippen LogP contribution in [-0.4, -0.2) is 36.6 Å². The van der Waals surface area contributed by atoms with Gasteiger partial charge in [-0.1, -0.05) is 12.1 Å². The summed E-state index contributed by atoms with van der Waals surface area (Å²) >= 11 is 0. The lowest BCUT2D eigenvalue weighted by Gasteiger charge is -2.32. The van der Waals surface area contributed by atoms with Crippen LogP contribution in [0.4, 0.5) is 4.79 Å². The maximum Gasteiger partial charge on any atom is 0.494 e. The van der Waals surface area contributed by atoms with Crippen LogP contribution in [0, 0.1) is 0 Å². The minimum atomic E-state index is -0.533. The van der Waals surface area contributed by atoms with Gasteiger partial charge in [-0.2, -0.15) is 0 Å². The fraction of sp³-hybridized carbons (Fsp3) is 0.667. The number of benzene rings is 1. The molecule has 0 saturated carbocycles. The van der Waals surface area contributed by atoms with Gasteiger partial charge >= 0.3 is 13.2 Å². The number of amides is 1. The highest BCUT2D eigenvalue weighted by Gasteiger charge is 2.51. The molecule has 0 aliphatic carbocycles. The normalized spacial score (nSPS) is 23.4. The van der Waals surface area contributed by atoms with Gasteiger partial charge < -0.3 is 24.1 Å². The summed E-state index contributed by atoms with van der Waals surface area (Å²) in [5.41, 5.74) is 0.534. The number of ether oxygens (including phenoxy) is 2. The van der Waals surface area contributed by atoms with Gasteiger partial charge in [0.1, 0.15) is 11.4 Å². The lowest BCUT2D eigenvalue weighted by atomic mass is 9.78. The number of rotatable bonds is 2. The second-order valence-corrected chi connectivity index (χ2v) is 9.58. The SMILES string of the molecule is CC(C)(C)OC(=O)N[C@H]1CCCOc2cc(B3OC(C)(C)C(C)(C)O3)ccc21. The van der Waals surface area contributed by atoms with Gasteiger partial charge in [0.15, 0.2) is 0 Å². The molecule has 1 aromatic carbocycles. The van der Waals surface area contributed by atoms with Crippen LogP contribution in [-0.2, 0) is 14.0 Å². The lowest BCUT2D eigenvalue weighted by Crippen LogP contribution is -2.41. The van der Waals surface area contributed by atoms with Crippen molar-refractivity contribution in [1.82, 2.24) is 5.32 Å². The summed E-state index contributed by atoms with van der Waals surface area (Å²) < 4.78 is 23.7. The van der Waals surface area contributed by atoms with Crippen LogP contribution in [0.5, 0.6) is 5.75 Å². The van der Waals surface area contributed by atoms with Gasteiger partial charge in [-0.15, -0.1) is 0 Å². The smallest absolute Gasteiger partial charge is 0.493 e. The van der Waals surface area contributed by atoms with E-state index in [2.05, 4.69) is 5.32 Å². The monoisotopic (exact) mass is 389 g/mol. The van der Waals surface area contributed by atoms with Crippen LogP contribution in [0.3, 0.4) is 0 Å². The van der Waals surface area contributed by atoms with Crippen LogP contribution in [0.1, 0.15) is 72.9 Å². The average Bonchev–Trinajstić information content (AvgIpc) is 2.68. The van der Waals surface area contributed by atoms with Crippen LogP contribution < -0.4 is 15.5 Å². The van der Waals surface area contributed by atoms with Crippen molar-refractivity contribution >= 4 is 18.7 Å². The topological polar surface area (TPSA) is 66.0 Å². The molecule has 2 aliphatic heterocycles. The molecular formula is C21H32BNO5. The van der Waals surface area contributed by atoms with E-state index in [0.29, 0.717) is 6.61 Å². The molecule has 154 valence electrons. The average molecular weight is 389 g/mol. The Morgan fingerprint density at radius 3 is 2.43 bits per heavy atom. The van der Waals surface area contributed by atoms with Crippen molar-refractivity contribution in [3.8, 4) is 5.75 Å². The molecular weight excluding hydrogens is 357 g/mol. The Balaban J connectivity index is 1.81. The van der Waals surface area contributed by atoms with E-state index in [1.54, 1.807) is 0 Å². The minimum absolute atomic E-state index is 0.153. The molecule has 1 fully saturated rings. The summed E-state index contributed by atoms with van der Waals surface area (Å²) in [5, 5.41) is 2.98. The fourth-order valence-electron chi connectivity index (χ4n) is 3.31. The van der Waals surface area contributed by atoms with Crippen LogP contribution in [0.15, 0.2) is 18.2 Å². The molecule has 0 unspecified atom stereocenters. The second-order valence-electron chi connectivity index (χ2n) is 9.58. The third kappa shape index (κ3) is 4.46. The van der Waals surface area contributed by atoms with E-state index in [1.165, 1.54) is 0 Å². The van der Waals surface area contributed by atoms with Crippen molar-refractivity contribution in [2.45, 2.75) is 84.2 Å². The molecule has 6 nitrogen and oxygen atoms in total. The molecule has 1 amide bonds. The third-order valence-corrected chi connectivity index (χ3v) is 5.52. The Bertz CT molecular complexity index is 725. The predicted octanol–water partition coefficient (Wildman–Crippen LogP) is 3.72. The van der Waals surface area contributed by atoms with E-state index in [9.17, 15) is 4.79 Å². The first kappa shape index (κ1) is 21.0. The van der Waals surface area contributed by atoms with Gasteiger partial charge in [-0.3, -0.25) is 0 Å². The summed E-state index contributed by atoms with van der Waals surface area (Å²) in [7, 11) is -0.445. The van der Waals surface area contributed by atoms with Gasteiger partial charge in [-0.25, -0.2) is 4.79 Å². The molecule has 0 radical (unpaired) electrons. The zero-order valence-corrected chi connectivity index (χ0v) is 18.0. The fourth-order valence-corrected chi connectivity index (χ4v) is 3.31. The highest BCUT2D eigenvalue weighted by atomic mass is 16.7. The highest BCUT2D eigenvalue weighted by molar-refractivity contribution is 6.62. The summed E-state index contributed by atoms with van der Waals surface area (Å²) in [4.78, 5) is 12.3. The largest absolute Gasteiger partial charge is 0.494 e. The van der Waals surface area contributed by atoms with Crippen LogP contribution in [0.25, 0.3) is 0 Å². The molecule has 1 aromatic rings. The van der Waals surface area contributed by atoms with Crippen molar-refractivity contribution in [2.24, 2.45) is 0 Å². The van der Waals surface area contributed by atoms with Crippen molar-refractivity contribution in [3.63, 3.8) is 0 Å². The molecule has 28 heavy (non-hydrogen) atoms. The Hall–Kier alpha value is -1.73. The van der Waals surface area contributed by atoms with Gasteiger partial charge in [-0.05, 0) is 72.8 Å². The van der Waals surface area contributed by atoms with E-state index in [4.69, 9.17) is 18.8 Å². The summed E-state index contributed by atoms with van der Waals surface area (Å²) in [5.74, 6) is 0.755. The molecule has 2 heterocycles. The van der Waals surface area contributed by atoms with Crippen molar-refractivity contribution in [1.29, 1.82) is 0 Å². The molecule has 1 N–H and O–H groups in total. The molecule has 1 saturated heterocycles. The first-order valence-corrected chi connectivity index (χ1v) is 10.00. The van der Waals surface area contributed by atoms with Crippen molar-refractivity contribution in [3.05, 3.63) is 23.8 Å². The van der Waals surface area contributed by atoms with E-state index in [1.807, 2.05) is 66.7 Å². The number of carbonyl (C=O) groups excluding carboxylic acids is 1. The Kier molecular flexibility index (Phi) is 5.45. The number of alkyl carbamates (subject to hydrolysis) is 1. The quantitative estimate of drug-likeness (QED) is 0.781. The molecule has 0 bridgehead atoms.